The Bertz CT molecular complexity index is 808. The average molecular weight is 329 g/mol. The summed E-state index contributed by atoms with van der Waals surface area (Å²) < 4.78 is 4.72. The highest BCUT2D eigenvalue weighted by atomic mass is 16.5. The van der Waals surface area contributed by atoms with E-state index in [1.54, 1.807) is 38.1 Å². The van der Waals surface area contributed by atoms with Gasteiger partial charge in [-0.25, -0.2) is 4.79 Å². The van der Waals surface area contributed by atoms with Gasteiger partial charge in [0.15, 0.2) is 0 Å². The maximum absolute atomic E-state index is 12.3. The molecule has 1 heterocycles. The van der Waals surface area contributed by atoms with Crippen molar-refractivity contribution in [3.63, 3.8) is 0 Å². The molecule has 0 radical (unpaired) electrons. The second kappa shape index (κ2) is 6.99. The third-order valence-corrected chi connectivity index (χ3v) is 3.72. The van der Waals surface area contributed by atoms with Crippen LogP contribution in [0.2, 0.25) is 0 Å². The second-order valence-electron chi connectivity index (χ2n) is 5.36. The minimum Gasteiger partial charge on any atom is -0.465 e. The highest BCUT2D eigenvalue weighted by Crippen LogP contribution is 2.19. The van der Waals surface area contributed by atoms with Crippen LogP contribution < -0.4 is 11.1 Å². The number of benzene rings is 1. The summed E-state index contributed by atoms with van der Waals surface area (Å²) in [6, 6.07) is 6.70. The van der Waals surface area contributed by atoms with Crippen LogP contribution in [0, 0.1) is 13.8 Å². The SMILES string of the molecule is COC(=O)c1c(C)[nH]c(C(=O)NCc2cccc(C(N)=O)c2)c1C. The number of esters is 1. The summed E-state index contributed by atoms with van der Waals surface area (Å²) in [6.07, 6.45) is 0. The van der Waals surface area contributed by atoms with Gasteiger partial charge in [0.2, 0.25) is 5.91 Å². The van der Waals surface area contributed by atoms with Crippen LogP contribution in [0.3, 0.4) is 0 Å². The molecule has 0 fully saturated rings. The van der Waals surface area contributed by atoms with Gasteiger partial charge in [-0.15, -0.1) is 0 Å². The Hall–Kier alpha value is -3.09. The van der Waals surface area contributed by atoms with E-state index in [2.05, 4.69) is 10.3 Å². The summed E-state index contributed by atoms with van der Waals surface area (Å²) in [5.74, 6) is -1.37. The number of carbonyl (C=O) groups is 3. The fraction of sp³-hybridized carbons (Fsp3) is 0.235. The number of primary amides is 1. The quantitative estimate of drug-likeness (QED) is 0.720. The number of aryl methyl sites for hydroxylation is 1. The number of aromatic amines is 1. The number of hydrogen-bond acceptors (Lipinski definition) is 4. The predicted octanol–water partition coefficient (Wildman–Crippen LogP) is 1.45. The summed E-state index contributed by atoms with van der Waals surface area (Å²) in [6.45, 7) is 3.61. The van der Waals surface area contributed by atoms with E-state index in [4.69, 9.17) is 10.5 Å². The Balaban J connectivity index is 2.15. The number of amides is 2. The zero-order chi connectivity index (χ0) is 17.9. The molecule has 2 amide bonds. The normalized spacial score (nSPS) is 10.3. The lowest BCUT2D eigenvalue weighted by Crippen LogP contribution is -2.24. The van der Waals surface area contributed by atoms with Gasteiger partial charge < -0.3 is 20.8 Å². The van der Waals surface area contributed by atoms with Crippen LogP contribution in [-0.4, -0.2) is 29.9 Å². The molecule has 0 unspecified atom stereocenters. The molecule has 1 aromatic heterocycles. The number of carbonyl (C=O) groups excluding carboxylic acids is 3. The molecule has 0 saturated heterocycles. The molecule has 0 atom stereocenters. The molecule has 2 aromatic rings. The molecule has 7 heteroatoms. The number of aromatic nitrogens is 1. The van der Waals surface area contributed by atoms with Gasteiger partial charge in [-0.3, -0.25) is 9.59 Å². The molecule has 0 spiro atoms. The Labute approximate surface area is 139 Å². The van der Waals surface area contributed by atoms with Crippen LogP contribution in [0.4, 0.5) is 0 Å². The minimum atomic E-state index is -0.526. The van der Waals surface area contributed by atoms with Crippen molar-refractivity contribution in [3.05, 3.63) is 57.9 Å². The highest BCUT2D eigenvalue weighted by molar-refractivity contribution is 6.00. The van der Waals surface area contributed by atoms with Gasteiger partial charge in [0, 0.05) is 17.8 Å². The molecule has 126 valence electrons. The van der Waals surface area contributed by atoms with Crippen molar-refractivity contribution in [2.45, 2.75) is 20.4 Å². The van der Waals surface area contributed by atoms with Crippen LogP contribution in [0.5, 0.6) is 0 Å². The largest absolute Gasteiger partial charge is 0.465 e. The standard InChI is InChI=1S/C17H19N3O4/c1-9-13(17(23)24-3)10(2)20-14(9)16(22)19-8-11-5-4-6-12(7-11)15(18)21/h4-7,20H,8H2,1-3H3,(H2,18,21)(H,19,22). The number of nitrogens with two attached hydrogens (primary N) is 1. The molecule has 7 nitrogen and oxygen atoms in total. The molecule has 0 aliphatic heterocycles. The van der Waals surface area contributed by atoms with Crippen LogP contribution in [0.25, 0.3) is 0 Å². The molecule has 0 aliphatic carbocycles. The summed E-state index contributed by atoms with van der Waals surface area (Å²) in [4.78, 5) is 38.2. The van der Waals surface area contributed by atoms with Crippen molar-refractivity contribution in [3.8, 4) is 0 Å². The van der Waals surface area contributed by atoms with E-state index in [0.717, 1.165) is 5.56 Å². The third-order valence-electron chi connectivity index (χ3n) is 3.72. The number of ether oxygens (including phenoxy) is 1. The highest BCUT2D eigenvalue weighted by Gasteiger charge is 2.22. The topological polar surface area (TPSA) is 114 Å². The molecule has 24 heavy (non-hydrogen) atoms. The molecule has 0 aliphatic rings. The molecular formula is C17H19N3O4. The smallest absolute Gasteiger partial charge is 0.339 e. The van der Waals surface area contributed by atoms with E-state index < -0.39 is 11.9 Å². The maximum Gasteiger partial charge on any atom is 0.339 e. The Morgan fingerprint density at radius 3 is 2.58 bits per heavy atom. The molecule has 2 rings (SSSR count). The molecule has 4 N–H and O–H groups in total. The van der Waals surface area contributed by atoms with Crippen molar-refractivity contribution >= 4 is 17.8 Å². The summed E-state index contributed by atoms with van der Waals surface area (Å²) >= 11 is 0. The summed E-state index contributed by atoms with van der Waals surface area (Å²) in [5, 5.41) is 2.75. The van der Waals surface area contributed by atoms with E-state index in [1.165, 1.54) is 7.11 Å². The minimum absolute atomic E-state index is 0.227. The van der Waals surface area contributed by atoms with Crippen LogP contribution in [0.15, 0.2) is 24.3 Å². The van der Waals surface area contributed by atoms with Crippen molar-refractivity contribution in [2.75, 3.05) is 7.11 Å². The van der Waals surface area contributed by atoms with E-state index >= 15 is 0 Å². The first kappa shape index (κ1) is 17.3. The average Bonchev–Trinajstić information content (AvgIpc) is 2.87. The van der Waals surface area contributed by atoms with Crippen molar-refractivity contribution in [2.24, 2.45) is 5.73 Å². The first-order valence-corrected chi connectivity index (χ1v) is 7.29. The van der Waals surface area contributed by atoms with Gasteiger partial charge in [-0.2, -0.15) is 0 Å². The van der Waals surface area contributed by atoms with E-state index in [0.29, 0.717) is 28.1 Å². The summed E-state index contributed by atoms with van der Waals surface area (Å²) in [5.41, 5.74) is 8.12. The number of methoxy groups -OCH3 is 1. The van der Waals surface area contributed by atoms with Crippen LogP contribution >= 0.6 is 0 Å². The van der Waals surface area contributed by atoms with E-state index in [1.807, 2.05) is 0 Å². The van der Waals surface area contributed by atoms with Crippen LogP contribution in [-0.2, 0) is 11.3 Å². The number of nitrogens with one attached hydrogen (secondary N) is 2. The number of hydrogen-bond donors (Lipinski definition) is 3. The second-order valence-corrected chi connectivity index (χ2v) is 5.36. The van der Waals surface area contributed by atoms with Gasteiger partial charge in [0.05, 0.1) is 12.7 Å². The zero-order valence-electron chi connectivity index (χ0n) is 13.7. The third kappa shape index (κ3) is 3.45. The Morgan fingerprint density at radius 1 is 1.25 bits per heavy atom. The van der Waals surface area contributed by atoms with Crippen molar-refractivity contribution in [1.82, 2.24) is 10.3 Å². The molecular weight excluding hydrogens is 310 g/mol. The first-order chi connectivity index (χ1) is 11.3. The fourth-order valence-corrected chi connectivity index (χ4v) is 2.49. The lowest BCUT2D eigenvalue weighted by molar-refractivity contribution is 0.0599. The van der Waals surface area contributed by atoms with Gasteiger partial charge in [-0.05, 0) is 37.1 Å². The van der Waals surface area contributed by atoms with Gasteiger partial charge in [0.1, 0.15) is 5.69 Å². The lowest BCUT2D eigenvalue weighted by atomic mass is 10.1. The molecule has 1 aromatic carbocycles. The number of H-pyrrole nitrogens is 1. The Kier molecular flexibility index (Phi) is 5.03. The summed E-state index contributed by atoms with van der Waals surface area (Å²) in [7, 11) is 1.29. The predicted molar refractivity (Wildman–Crippen MR) is 87.7 cm³/mol. The van der Waals surface area contributed by atoms with Crippen molar-refractivity contribution in [1.29, 1.82) is 0 Å². The molecule has 0 bridgehead atoms. The Morgan fingerprint density at radius 2 is 1.96 bits per heavy atom. The fourth-order valence-electron chi connectivity index (χ4n) is 2.49. The van der Waals surface area contributed by atoms with E-state index in [9.17, 15) is 14.4 Å². The first-order valence-electron chi connectivity index (χ1n) is 7.29. The zero-order valence-corrected chi connectivity index (χ0v) is 13.7. The molecule has 0 saturated carbocycles. The van der Waals surface area contributed by atoms with Gasteiger partial charge >= 0.3 is 5.97 Å². The maximum atomic E-state index is 12.3. The monoisotopic (exact) mass is 329 g/mol. The number of rotatable bonds is 5. The lowest BCUT2D eigenvalue weighted by Gasteiger charge is -2.06. The van der Waals surface area contributed by atoms with Crippen LogP contribution in [0.1, 0.15) is 48.0 Å². The van der Waals surface area contributed by atoms with Gasteiger partial charge in [-0.1, -0.05) is 12.1 Å². The van der Waals surface area contributed by atoms with Gasteiger partial charge in [0.25, 0.3) is 5.91 Å². The van der Waals surface area contributed by atoms with Crippen molar-refractivity contribution < 1.29 is 19.1 Å². The van der Waals surface area contributed by atoms with E-state index in [-0.39, 0.29) is 12.5 Å².